The van der Waals surface area contributed by atoms with Gasteiger partial charge in [0.05, 0.1) is 19.3 Å². The number of likely N-dealkylation sites (N-methyl/N-ethyl adjacent to an activating group) is 1. The molecule has 1 aliphatic rings. The Labute approximate surface area is 88.4 Å². The number of hydrogen-bond acceptors (Lipinski definition) is 4. The second-order valence-corrected chi connectivity index (χ2v) is 4.05. The molecule has 0 aromatic heterocycles. The maximum absolute atomic E-state index is 10.7. The van der Waals surface area contributed by atoms with Gasteiger partial charge in [-0.2, -0.15) is 0 Å². The van der Waals surface area contributed by atoms with E-state index in [9.17, 15) is 9.90 Å². The molecule has 2 N–H and O–H groups in total. The van der Waals surface area contributed by atoms with E-state index in [0.29, 0.717) is 0 Å². The Kier molecular flexibility index (Phi) is 3.54. The third-order valence-corrected chi connectivity index (χ3v) is 2.45. The molecule has 0 saturated carbocycles. The second kappa shape index (κ2) is 4.34. The molecule has 1 amide bonds. The van der Waals surface area contributed by atoms with Gasteiger partial charge in [-0.05, 0) is 13.8 Å². The van der Waals surface area contributed by atoms with Crippen molar-refractivity contribution in [2.24, 2.45) is 0 Å². The average Bonchev–Trinajstić information content (AvgIpc) is 2.26. The fourth-order valence-corrected chi connectivity index (χ4v) is 1.35. The Balaban J connectivity index is 2.69. The van der Waals surface area contributed by atoms with Crippen LogP contribution in [0.15, 0.2) is 0 Å². The van der Waals surface area contributed by atoms with Crippen LogP contribution in [0, 0.1) is 0 Å². The first-order valence-electron chi connectivity index (χ1n) is 4.75. The summed E-state index contributed by atoms with van der Waals surface area (Å²) in [6.45, 7) is 3.64. The highest BCUT2D eigenvalue weighted by atomic mass is 16.7. The number of ether oxygens (including phenoxy) is 2. The van der Waals surface area contributed by atoms with Crippen LogP contribution in [0.5, 0.6) is 0 Å². The Morgan fingerprint density at radius 3 is 2.47 bits per heavy atom. The molecule has 2 unspecified atom stereocenters. The third-order valence-electron chi connectivity index (χ3n) is 2.45. The van der Waals surface area contributed by atoms with E-state index in [2.05, 4.69) is 0 Å². The molecule has 88 valence electrons. The van der Waals surface area contributed by atoms with Gasteiger partial charge < -0.3 is 24.6 Å². The van der Waals surface area contributed by atoms with Crippen molar-refractivity contribution in [2.45, 2.75) is 31.8 Å². The normalized spacial score (nSPS) is 30.7. The number of carboxylic acid groups (broad SMARTS) is 1. The molecule has 2 atom stereocenters. The van der Waals surface area contributed by atoms with Crippen LogP contribution in [0.3, 0.4) is 0 Å². The lowest BCUT2D eigenvalue weighted by molar-refractivity contribution is -0.204. The summed E-state index contributed by atoms with van der Waals surface area (Å²) in [7, 11) is 1.40. The number of carbonyl (C=O) groups is 1. The lowest BCUT2D eigenvalue weighted by atomic mass is 10.1. The monoisotopic (exact) mass is 219 g/mol. The predicted octanol–water partition coefficient (Wildman–Crippen LogP) is 0.109. The standard InChI is InChI=1S/C9H17NO5/c1-9(2)14-4-6(7(11)5-15-9)10(3)8(12)13/h6-7,11H,4-5H2,1-3H3,(H,12,13). The highest BCUT2D eigenvalue weighted by Crippen LogP contribution is 2.19. The average molecular weight is 219 g/mol. The van der Waals surface area contributed by atoms with E-state index >= 15 is 0 Å². The topological polar surface area (TPSA) is 79.2 Å². The molecular formula is C9H17NO5. The van der Waals surface area contributed by atoms with E-state index in [0.717, 1.165) is 4.90 Å². The van der Waals surface area contributed by atoms with E-state index < -0.39 is 24.0 Å². The molecule has 1 aliphatic heterocycles. The van der Waals surface area contributed by atoms with Crippen LogP contribution in [0.25, 0.3) is 0 Å². The minimum absolute atomic E-state index is 0.0648. The number of aliphatic hydroxyl groups excluding tert-OH is 1. The molecule has 0 aromatic rings. The number of aliphatic hydroxyl groups is 1. The smallest absolute Gasteiger partial charge is 0.407 e. The summed E-state index contributed by atoms with van der Waals surface area (Å²) in [5.41, 5.74) is 0. The molecule has 0 bridgehead atoms. The Bertz CT molecular complexity index is 243. The van der Waals surface area contributed by atoms with E-state index in [1.807, 2.05) is 0 Å². The van der Waals surface area contributed by atoms with Crippen LogP contribution >= 0.6 is 0 Å². The minimum atomic E-state index is -1.10. The Morgan fingerprint density at radius 1 is 1.40 bits per heavy atom. The molecule has 0 aromatic carbocycles. The van der Waals surface area contributed by atoms with Crippen molar-refractivity contribution in [3.05, 3.63) is 0 Å². The molecule has 6 nitrogen and oxygen atoms in total. The first kappa shape index (κ1) is 12.2. The number of hydrogen-bond donors (Lipinski definition) is 2. The minimum Gasteiger partial charge on any atom is -0.465 e. The SMILES string of the molecule is CN(C(=O)O)C1COC(C)(C)OCC1O. The first-order valence-corrected chi connectivity index (χ1v) is 4.75. The van der Waals surface area contributed by atoms with Gasteiger partial charge in [0.25, 0.3) is 0 Å². The zero-order valence-corrected chi connectivity index (χ0v) is 9.14. The summed E-state index contributed by atoms with van der Waals surface area (Å²) in [4.78, 5) is 11.8. The molecule has 1 fully saturated rings. The van der Waals surface area contributed by atoms with Gasteiger partial charge in [-0.3, -0.25) is 0 Å². The van der Waals surface area contributed by atoms with Gasteiger partial charge in [-0.1, -0.05) is 0 Å². The highest BCUT2D eigenvalue weighted by molar-refractivity contribution is 5.65. The lowest BCUT2D eigenvalue weighted by Gasteiger charge is -2.27. The van der Waals surface area contributed by atoms with Crippen molar-refractivity contribution < 1.29 is 24.5 Å². The molecule has 0 radical (unpaired) electrons. The van der Waals surface area contributed by atoms with Gasteiger partial charge in [0.15, 0.2) is 5.79 Å². The largest absolute Gasteiger partial charge is 0.465 e. The fourth-order valence-electron chi connectivity index (χ4n) is 1.35. The van der Waals surface area contributed by atoms with Crippen molar-refractivity contribution in [2.75, 3.05) is 20.3 Å². The van der Waals surface area contributed by atoms with E-state index in [1.165, 1.54) is 7.05 Å². The third kappa shape index (κ3) is 3.05. The van der Waals surface area contributed by atoms with Crippen LogP contribution in [0.2, 0.25) is 0 Å². The summed E-state index contributed by atoms with van der Waals surface area (Å²) in [6, 6.07) is -0.593. The van der Waals surface area contributed by atoms with Crippen LogP contribution < -0.4 is 0 Å². The zero-order valence-electron chi connectivity index (χ0n) is 9.14. The lowest BCUT2D eigenvalue weighted by Crippen LogP contribution is -2.47. The number of nitrogens with zero attached hydrogens (tertiary/aromatic N) is 1. The van der Waals surface area contributed by atoms with Gasteiger partial charge in [0, 0.05) is 7.05 Å². The van der Waals surface area contributed by atoms with Crippen molar-refractivity contribution in [3.8, 4) is 0 Å². The summed E-state index contributed by atoms with van der Waals surface area (Å²) in [5, 5.41) is 18.5. The van der Waals surface area contributed by atoms with E-state index in [1.54, 1.807) is 13.8 Å². The fraction of sp³-hybridized carbons (Fsp3) is 0.889. The van der Waals surface area contributed by atoms with Crippen LogP contribution in [0.1, 0.15) is 13.8 Å². The molecular weight excluding hydrogens is 202 g/mol. The first-order chi connectivity index (χ1) is 6.83. The maximum atomic E-state index is 10.7. The van der Waals surface area contributed by atoms with E-state index in [-0.39, 0.29) is 13.2 Å². The van der Waals surface area contributed by atoms with Crippen LogP contribution in [-0.2, 0) is 9.47 Å². The molecule has 1 heterocycles. The van der Waals surface area contributed by atoms with Gasteiger partial charge in [-0.25, -0.2) is 4.79 Å². The Hall–Kier alpha value is -0.850. The number of amides is 1. The molecule has 0 spiro atoms. The molecule has 1 rings (SSSR count). The summed E-state index contributed by atoms with van der Waals surface area (Å²) in [6.07, 6.45) is -1.96. The van der Waals surface area contributed by atoms with Crippen LogP contribution in [0.4, 0.5) is 4.79 Å². The van der Waals surface area contributed by atoms with Gasteiger partial charge in [-0.15, -0.1) is 0 Å². The van der Waals surface area contributed by atoms with Crippen molar-refractivity contribution in [1.82, 2.24) is 4.90 Å². The Morgan fingerprint density at radius 2 is 1.93 bits per heavy atom. The summed E-state index contributed by atoms with van der Waals surface area (Å²) >= 11 is 0. The summed E-state index contributed by atoms with van der Waals surface area (Å²) in [5.74, 6) is -0.783. The second-order valence-electron chi connectivity index (χ2n) is 4.05. The predicted molar refractivity (Wildman–Crippen MR) is 51.6 cm³/mol. The van der Waals surface area contributed by atoms with Gasteiger partial charge >= 0.3 is 6.09 Å². The summed E-state index contributed by atoms with van der Waals surface area (Å²) < 4.78 is 10.6. The van der Waals surface area contributed by atoms with Gasteiger partial charge in [0.1, 0.15) is 6.10 Å². The van der Waals surface area contributed by atoms with Crippen LogP contribution in [-0.4, -0.2) is 59.4 Å². The maximum Gasteiger partial charge on any atom is 0.407 e. The molecule has 6 heteroatoms. The highest BCUT2D eigenvalue weighted by Gasteiger charge is 2.34. The number of rotatable bonds is 1. The van der Waals surface area contributed by atoms with Crippen molar-refractivity contribution in [3.63, 3.8) is 0 Å². The van der Waals surface area contributed by atoms with Gasteiger partial charge in [0.2, 0.25) is 0 Å². The zero-order chi connectivity index (χ0) is 11.6. The van der Waals surface area contributed by atoms with Crippen molar-refractivity contribution >= 4 is 6.09 Å². The quantitative estimate of drug-likeness (QED) is 0.654. The molecule has 1 saturated heterocycles. The van der Waals surface area contributed by atoms with E-state index in [4.69, 9.17) is 14.6 Å². The molecule has 15 heavy (non-hydrogen) atoms. The van der Waals surface area contributed by atoms with Crippen molar-refractivity contribution in [1.29, 1.82) is 0 Å². The molecule has 0 aliphatic carbocycles.